The Bertz CT molecular complexity index is 889. The van der Waals surface area contributed by atoms with Crippen LogP contribution in [0.2, 0.25) is 0 Å². The second-order valence-corrected chi connectivity index (χ2v) is 5.78. The van der Waals surface area contributed by atoms with E-state index in [1.807, 2.05) is 55.8 Å². The number of nitrogens with two attached hydrogens (primary N) is 1. The zero-order valence-electron chi connectivity index (χ0n) is 15.8. The molecule has 0 unspecified atom stereocenters. The molecule has 3 rings (SSSR count). The van der Waals surface area contributed by atoms with Gasteiger partial charge in [-0.3, -0.25) is 5.32 Å². The van der Waals surface area contributed by atoms with Crippen LogP contribution in [0.5, 0.6) is 5.75 Å². The number of quaternary nitrogens is 1. The van der Waals surface area contributed by atoms with Crippen LogP contribution >= 0.6 is 11.6 Å². The van der Waals surface area contributed by atoms with E-state index in [-0.39, 0.29) is 5.82 Å². The van der Waals surface area contributed by atoms with Crippen LogP contribution in [0.3, 0.4) is 0 Å². The lowest BCUT2D eigenvalue weighted by atomic mass is 10.1. The van der Waals surface area contributed by atoms with Gasteiger partial charge in [-0.1, -0.05) is 12.1 Å². The number of benzene rings is 2. The molecule has 2 aromatic carbocycles. The Morgan fingerprint density at radius 3 is 2.44 bits per heavy atom. The van der Waals surface area contributed by atoms with E-state index < -0.39 is 0 Å². The van der Waals surface area contributed by atoms with Crippen molar-refractivity contribution in [2.24, 2.45) is 0 Å². The molecule has 0 saturated carbocycles. The van der Waals surface area contributed by atoms with Gasteiger partial charge in [-0.25, -0.2) is 9.37 Å². The Kier molecular flexibility index (Phi) is 7.52. The lowest BCUT2D eigenvalue weighted by Gasteiger charge is -2.13. The number of hydrogen-bond acceptors (Lipinski definition) is 4. The fraction of sp³-hybridized carbons (Fsp3) is 0.200. The average Bonchev–Trinajstić information content (AvgIpc) is 2.69. The van der Waals surface area contributed by atoms with Crippen molar-refractivity contribution in [3.05, 3.63) is 60.7 Å². The van der Waals surface area contributed by atoms with Crippen LogP contribution in [-0.2, 0) is 0 Å². The first-order chi connectivity index (χ1) is 13.1. The van der Waals surface area contributed by atoms with Crippen molar-refractivity contribution < 1.29 is 14.4 Å². The van der Waals surface area contributed by atoms with Crippen molar-refractivity contribution in [1.29, 1.82) is 0 Å². The van der Waals surface area contributed by atoms with Gasteiger partial charge in [0.2, 0.25) is 5.82 Å². The first-order valence-corrected chi connectivity index (χ1v) is 8.99. The van der Waals surface area contributed by atoms with Gasteiger partial charge in [0.25, 0.3) is 0 Å². The molecule has 1 heterocycles. The molecule has 0 aliphatic heterocycles. The summed E-state index contributed by atoms with van der Waals surface area (Å²) in [7, 11) is 5.25. The SMILES string of the molecule is CCl.COc1ccccc1-c1cc([NH2+]c2ccc(N(C)C)c(F)c2)ncn1. The molecule has 142 valence electrons. The lowest BCUT2D eigenvalue weighted by Crippen LogP contribution is -2.71. The summed E-state index contributed by atoms with van der Waals surface area (Å²) >= 11 is 4.64. The Hall–Kier alpha value is -2.70. The molecule has 1 aromatic heterocycles. The molecular weight excluding hydrogens is 367 g/mol. The number of rotatable bonds is 5. The van der Waals surface area contributed by atoms with Crippen LogP contribution < -0.4 is 15.0 Å². The third-order valence-corrected chi connectivity index (χ3v) is 3.84. The third-order valence-electron chi connectivity index (χ3n) is 3.84. The minimum Gasteiger partial charge on any atom is -0.496 e. The van der Waals surface area contributed by atoms with Gasteiger partial charge in [0.05, 0.1) is 18.5 Å². The highest BCUT2D eigenvalue weighted by atomic mass is 35.5. The highest BCUT2D eigenvalue weighted by molar-refractivity contribution is 6.15. The smallest absolute Gasteiger partial charge is 0.232 e. The maximum Gasteiger partial charge on any atom is 0.232 e. The molecule has 0 saturated heterocycles. The van der Waals surface area contributed by atoms with Gasteiger partial charge in [0.1, 0.15) is 17.8 Å². The van der Waals surface area contributed by atoms with Gasteiger partial charge in [0.15, 0.2) is 5.82 Å². The lowest BCUT2D eigenvalue weighted by molar-refractivity contribution is -0.483. The van der Waals surface area contributed by atoms with E-state index in [2.05, 4.69) is 21.6 Å². The molecule has 0 atom stereocenters. The zero-order valence-corrected chi connectivity index (χ0v) is 16.5. The topological polar surface area (TPSA) is 54.9 Å². The standard InChI is InChI=1S/C19H19FN4O.CH3Cl/c1-24(2)17-9-8-13(10-15(17)20)23-19-11-16(21-12-22-19)14-6-4-5-7-18(14)25-3;1-2/h4-12H,1-3H3,(H,21,22,23);1H3/p+1. The van der Waals surface area contributed by atoms with Crippen molar-refractivity contribution in [2.45, 2.75) is 0 Å². The molecule has 0 spiro atoms. The number of nitrogens with zero attached hydrogens (tertiary/aromatic N) is 3. The van der Waals surface area contributed by atoms with Crippen molar-refractivity contribution in [3.63, 3.8) is 0 Å². The highest BCUT2D eigenvalue weighted by Crippen LogP contribution is 2.28. The van der Waals surface area contributed by atoms with E-state index in [0.29, 0.717) is 11.5 Å². The van der Waals surface area contributed by atoms with Gasteiger partial charge in [0, 0.05) is 44.2 Å². The maximum atomic E-state index is 14.1. The second-order valence-electron chi connectivity index (χ2n) is 5.78. The van der Waals surface area contributed by atoms with Gasteiger partial charge >= 0.3 is 0 Å². The highest BCUT2D eigenvalue weighted by Gasteiger charge is 2.12. The van der Waals surface area contributed by atoms with E-state index in [1.165, 1.54) is 18.8 Å². The molecule has 3 aromatic rings. The van der Waals surface area contributed by atoms with Crippen LogP contribution in [0.15, 0.2) is 54.9 Å². The molecule has 27 heavy (non-hydrogen) atoms. The number of methoxy groups -OCH3 is 1. The summed E-state index contributed by atoms with van der Waals surface area (Å²) < 4.78 is 19.5. The van der Waals surface area contributed by atoms with E-state index >= 15 is 0 Å². The first-order valence-electron chi connectivity index (χ1n) is 8.23. The van der Waals surface area contributed by atoms with Crippen LogP contribution in [0, 0.1) is 5.82 Å². The number of hydrogen-bond donors (Lipinski definition) is 1. The molecule has 0 fully saturated rings. The molecule has 0 aliphatic carbocycles. The molecule has 0 amide bonds. The molecule has 5 nitrogen and oxygen atoms in total. The Morgan fingerprint density at radius 2 is 1.78 bits per heavy atom. The van der Waals surface area contributed by atoms with E-state index in [0.717, 1.165) is 22.7 Å². The van der Waals surface area contributed by atoms with Crippen molar-refractivity contribution >= 4 is 28.8 Å². The van der Waals surface area contributed by atoms with Gasteiger partial charge < -0.3 is 9.64 Å². The third kappa shape index (κ3) is 5.15. The molecule has 0 aliphatic rings. The molecule has 2 N–H and O–H groups in total. The second kappa shape index (κ2) is 9.85. The number of para-hydroxylation sites is 1. The minimum atomic E-state index is -0.266. The monoisotopic (exact) mass is 389 g/mol. The number of anilines is 1. The summed E-state index contributed by atoms with van der Waals surface area (Å²) in [6.45, 7) is 0. The summed E-state index contributed by atoms with van der Waals surface area (Å²) in [5.74, 6) is 1.18. The van der Waals surface area contributed by atoms with Gasteiger partial charge in [-0.15, -0.1) is 11.6 Å². The Morgan fingerprint density at radius 1 is 1.04 bits per heavy atom. The molecular formula is C20H23ClFN4O+. The normalized spacial score (nSPS) is 10.0. The van der Waals surface area contributed by atoms with Crippen LogP contribution in [0.25, 0.3) is 11.3 Å². The summed E-state index contributed by atoms with van der Waals surface area (Å²) in [6.07, 6.45) is 2.97. The molecule has 0 bridgehead atoms. The fourth-order valence-electron chi connectivity index (χ4n) is 2.60. The van der Waals surface area contributed by atoms with E-state index in [9.17, 15) is 4.39 Å². The minimum absolute atomic E-state index is 0.266. The zero-order chi connectivity index (χ0) is 19.8. The summed E-state index contributed by atoms with van der Waals surface area (Å²) in [4.78, 5) is 10.3. The van der Waals surface area contributed by atoms with Crippen molar-refractivity contribution in [2.75, 3.05) is 32.5 Å². The van der Waals surface area contributed by atoms with E-state index in [1.54, 1.807) is 18.1 Å². The van der Waals surface area contributed by atoms with Crippen molar-refractivity contribution in [3.8, 4) is 17.0 Å². The summed E-state index contributed by atoms with van der Waals surface area (Å²) in [5.41, 5.74) is 2.93. The maximum absolute atomic E-state index is 14.1. The molecule has 7 heteroatoms. The van der Waals surface area contributed by atoms with E-state index in [4.69, 9.17) is 4.74 Å². The number of alkyl halides is 1. The van der Waals surface area contributed by atoms with Gasteiger partial charge in [-0.05, 0) is 18.2 Å². The Balaban J connectivity index is 0.00000126. The number of ether oxygens (including phenoxy) is 1. The fourth-order valence-corrected chi connectivity index (χ4v) is 2.60. The first kappa shape index (κ1) is 20.6. The molecule has 0 radical (unpaired) electrons. The summed E-state index contributed by atoms with van der Waals surface area (Å²) in [6, 6.07) is 14.6. The average molecular weight is 390 g/mol. The quantitative estimate of drug-likeness (QED) is 0.533. The van der Waals surface area contributed by atoms with Crippen LogP contribution in [-0.4, -0.2) is 37.6 Å². The Labute approximate surface area is 163 Å². The number of halogens is 2. The van der Waals surface area contributed by atoms with Crippen LogP contribution in [0.4, 0.5) is 21.6 Å². The van der Waals surface area contributed by atoms with Crippen molar-refractivity contribution in [1.82, 2.24) is 9.97 Å². The predicted octanol–water partition coefficient (Wildman–Crippen LogP) is 3.74. The predicted molar refractivity (Wildman–Crippen MR) is 108 cm³/mol. The largest absolute Gasteiger partial charge is 0.496 e. The summed E-state index contributed by atoms with van der Waals surface area (Å²) in [5, 5.41) is 1.82. The number of aromatic nitrogens is 2. The van der Waals surface area contributed by atoms with Crippen LogP contribution in [0.1, 0.15) is 0 Å². The van der Waals surface area contributed by atoms with Gasteiger partial charge in [-0.2, -0.15) is 4.98 Å².